The number of rotatable bonds is 2. The third-order valence-electron chi connectivity index (χ3n) is 3.77. The lowest BCUT2D eigenvalue weighted by Crippen LogP contribution is -2.20. The molecule has 0 amide bonds. The molecule has 0 atom stereocenters. The molecular formula is C14H17N3OS2. The summed E-state index contributed by atoms with van der Waals surface area (Å²) in [5.74, 6) is 0. The lowest BCUT2D eigenvalue weighted by Gasteiger charge is -2.10. The second kappa shape index (κ2) is 5.26. The van der Waals surface area contributed by atoms with Gasteiger partial charge in [0.2, 0.25) is 4.77 Å². The van der Waals surface area contributed by atoms with E-state index in [0.717, 1.165) is 41.6 Å². The van der Waals surface area contributed by atoms with Crippen molar-refractivity contribution >= 4 is 39.5 Å². The molecule has 0 saturated heterocycles. The minimum absolute atomic E-state index is 0.0732. The molecule has 106 valence electrons. The van der Waals surface area contributed by atoms with Crippen LogP contribution in [0.15, 0.2) is 9.90 Å². The van der Waals surface area contributed by atoms with Gasteiger partial charge in [-0.15, -0.1) is 11.3 Å². The number of hydrogen-bond acceptors (Lipinski definition) is 4. The van der Waals surface area contributed by atoms with Crippen molar-refractivity contribution in [2.24, 2.45) is 5.10 Å². The van der Waals surface area contributed by atoms with Gasteiger partial charge < -0.3 is 4.98 Å². The third kappa shape index (κ3) is 2.16. The zero-order valence-corrected chi connectivity index (χ0v) is 13.3. The summed E-state index contributed by atoms with van der Waals surface area (Å²) in [7, 11) is 0. The van der Waals surface area contributed by atoms with Crippen LogP contribution in [-0.4, -0.2) is 15.4 Å². The number of H-pyrrole nitrogens is 1. The molecule has 4 nitrogen and oxygen atoms in total. The molecule has 3 rings (SSSR count). The molecule has 20 heavy (non-hydrogen) atoms. The number of hydrogen-bond donors (Lipinski definition) is 1. The van der Waals surface area contributed by atoms with E-state index in [1.165, 1.54) is 21.5 Å². The molecule has 0 aromatic carbocycles. The summed E-state index contributed by atoms with van der Waals surface area (Å²) in [6, 6.07) is 0. The summed E-state index contributed by atoms with van der Waals surface area (Å²) in [6.45, 7) is 3.93. The van der Waals surface area contributed by atoms with Crippen molar-refractivity contribution in [2.75, 3.05) is 0 Å². The highest BCUT2D eigenvalue weighted by molar-refractivity contribution is 7.71. The standard InChI is InChI=1S/C14H17N3OS2/c1-3-8(2)16-17-13(18)11-9-6-4-5-7-10(9)20-12(11)15-14(17)19/h3-7H2,1-2H3,(H,15,19)/b16-8+. The summed E-state index contributed by atoms with van der Waals surface area (Å²) in [5, 5.41) is 5.14. The molecule has 0 aliphatic heterocycles. The van der Waals surface area contributed by atoms with Crippen molar-refractivity contribution in [3.05, 3.63) is 25.6 Å². The SMILES string of the molecule is CC/C(C)=N/n1c(=S)[nH]c2sc3c(c2c1=O)CCCC3. The Labute approximate surface area is 126 Å². The van der Waals surface area contributed by atoms with Crippen LogP contribution in [0, 0.1) is 4.77 Å². The Kier molecular flexibility index (Phi) is 3.60. The van der Waals surface area contributed by atoms with Crippen molar-refractivity contribution in [1.82, 2.24) is 9.66 Å². The van der Waals surface area contributed by atoms with Crippen molar-refractivity contribution in [3.63, 3.8) is 0 Å². The maximum absolute atomic E-state index is 12.7. The van der Waals surface area contributed by atoms with Crippen LogP contribution >= 0.6 is 23.6 Å². The first kappa shape index (κ1) is 13.7. The Balaban J connectivity index is 2.34. The van der Waals surface area contributed by atoms with Gasteiger partial charge in [0.05, 0.1) is 5.39 Å². The fraction of sp³-hybridized carbons (Fsp3) is 0.500. The molecule has 0 spiro atoms. The number of aromatic nitrogens is 2. The largest absolute Gasteiger partial charge is 0.322 e. The van der Waals surface area contributed by atoms with Gasteiger partial charge in [-0.05, 0) is 56.8 Å². The minimum Gasteiger partial charge on any atom is -0.322 e. The monoisotopic (exact) mass is 307 g/mol. The highest BCUT2D eigenvalue weighted by Crippen LogP contribution is 2.33. The van der Waals surface area contributed by atoms with Crippen LogP contribution in [0.25, 0.3) is 10.2 Å². The molecular weight excluding hydrogens is 290 g/mol. The van der Waals surface area contributed by atoms with Gasteiger partial charge >= 0.3 is 0 Å². The first-order valence-corrected chi connectivity index (χ1v) is 8.18. The minimum atomic E-state index is -0.0732. The molecule has 1 N–H and O–H groups in total. The van der Waals surface area contributed by atoms with Gasteiger partial charge in [-0.1, -0.05) is 6.92 Å². The van der Waals surface area contributed by atoms with Crippen LogP contribution in [0.2, 0.25) is 0 Å². The lowest BCUT2D eigenvalue weighted by atomic mass is 9.97. The molecule has 2 heterocycles. The Morgan fingerprint density at radius 2 is 2.20 bits per heavy atom. The second-order valence-electron chi connectivity index (χ2n) is 5.15. The van der Waals surface area contributed by atoms with E-state index >= 15 is 0 Å². The average Bonchev–Trinajstić information content (AvgIpc) is 2.81. The van der Waals surface area contributed by atoms with Gasteiger partial charge in [-0.2, -0.15) is 9.78 Å². The summed E-state index contributed by atoms with van der Waals surface area (Å²) < 4.78 is 1.73. The van der Waals surface area contributed by atoms with Crippen LogP contribution in [-0.2, 0) is 12.8 Å². The van der Waals surface area contributed by atoms with E-state index in [4.69, 9.17) is 12.2 Å². The Bertz CT molecular complexity index is 810. The van der Waals surface area contributed by atoms with Crippen LogP contribution in [0.1, 0.15) is 43.6 Å². The topological polar surface area (TPSA) is 50.1 Å². The molecule has 0 unspecified atom stereocenters. The summed E-state index contributed by atoms with van der Waals surface area (Å²) in [6.07, 6.45) is 5.24. The highest BCUT2D eigenvalue weighted by Gasteiger charge is 2.20. The van der Waals surface area contributed by atoms with Gasteiger partial charge in [0, 0.05) is 10.6 Å². The van der Waals surface area contributed by atoms with E-state index < -0.39 is 0 Å². The number of fused-ring (bicyclic) bond motifs is 3. The van der Waals surface area contributed by atoms with Gasteiger partial charge in [-0.25, -0.2) is 0 Å². The number of nitrogens with zero attached hydrogens (tertiary/aromatic N) is 2. The molecule has 0 bridgehead atoms. The molecule has 6 heteroatoms. The lowest BCUT2D eigenvalue weighted by molar-refractivity contribution is 0.698. The molecule has 2 aromatic heterocycles. The fourth-order valence-corrected chi connectivity index (χ4v) is 4.13. The number of aryl methyl sites for hydroxylation is 2. The van der Waals surface area contributed by atoms with Gasteiger partial charge in [-0.3, -0.25) is 4.79 Å². The summed E-state index contributed by atoms with van der Waals surface area (Å²) in [5.41, 5.74) is 2.04. The number of thiophene rings is 1. The molecule has 0 fully saturated rings. The van der Waals surface area contributed by atoms with Crippen molar-refractivity contribution in [2.45, 2.75) is 46.0 Å². The van der Waals surface area contributed by atoms with E-state index in [1.54, 1.807) is 11.3 Å². The van der Waals surface area contributed by atoms with E-state index in [2.05, 4.69) is 10.1 Å². The van der Waals surface area contributed by atoms with E-state index in [0.29, 0.717) is 4.77 Å². The predicted molar refractivity (Wildman–Crippen MR) is 86.7 cm³/mol. The first-order valence-electron chi connectivity index (χ1n) is 6.96. The Hall–Kier alpha value is -1.27. The Morgan fingerprint density at radius 1 is 1.45 bits per heavy atom. The van der Waals surface area contributed by atoms with Gasteiger partial charge in [0.1, 0.15) is 4.83 Å². The zero-order valence-electron chi connectivity index (χ0n) is 11.7. The number of nitrogens with one attached hydrogen (secondary N) is 1. The van der Waals surface area contributed by atoms with Crippen molar-refractivity contribution < 1.29 is 0 Å². The van der Waals surface area contributed by atoms with Gasteiger partial charge in [0.25, 0.3) is 5.56 Å². The molecule has 2 aromatic rings. The van der Waals surface area contributed by atoms with E-state index in [-0.39, 0.29) is 5.56 Å². The summed E-state index contributed by atoms with van der Waals surface area (Å²) in [4.78, 5) is 18.1. The maximum Gasteiger partial charge on any atom is 0.284 e. The first-order chi connectivity index (χ1) is 9.61. The second-order valence-corrected chi connectivity index (χ2v) is 6.64. The van der Waals surface area contributed by atoms with Crippen molar-refractivity contribution in [3.8, 4) is 0 Å². The van der Waals surface area contributed by atoms with Crippen LogP contribution in [0.4, 0.5) is 0 Å². The maximum atomic E-state index is 12.7. The predicted octanol–water partition coefficient (Wildman–Crippen LogP) is 3.63. The van der Waals surface area contributed by atoms with Crippen LogP contribution in [0.5, 0.6) is 0 Å². The number of aromatic amines is 1. The quantitative estimate of drug-likeness (QED) is 0.680. The fourth-order valence-electron chi connectivity index (χ4n) is 2.56. The normalized spacial score (nSPS) is 15.6. The highest BCUT2D eigenvalue weighted by atomic mass is 32.1. The molecule has 1 aliphatic carbocycles. The van der Waals surface area contributed by atoms with E-state index in [1.807, 2.05) is 13.8 Å². The van der Waals surface area contributed by atoms with E-state index in [9.17, 15) is 4.79 Å². The molecule has 0 saturated carbocycles. The smallest absolute Gasteiger partial charge is 0.284 e. The molecule has 0 radical (unpaired) electrons. The zero-order chi connectivity index (χ0) is 14.3. The van der Waals surface area contributed by atoms with Crippen LogP contribution in [0.3, 0.4) is 0 Å². The van der Waals surface area contributed by atoms with Crippen molar-refractivity contribution in [1.29, 1.82) is 0 Å². The Morgan fingerprint density at radius 3 is 2.95 bits per heavy atom. The summed E-state index contributed by atoms with van der Waals surface area (Å²) >= 11 is 6.96. The third-order valence-corrected chi connectivity index (χ3v) is 5.25. The van der Waals surface area contributed by atoms with Gasteiger partial charge in [0.15, 0.2) is 0 Å². The average molecular weight is 307 g/mol. The van der Waals surface area contributed by atoms with Crippen LogP contribution < -0.4 is 5.56 Å². The molecule has 1 aliphatic rings.